The molecule has 1 heterocycles. The van der Waals surface area contributed by atoms with Crippen molar-refractivity contribution in [1.82, 2.24) is 9.55 Å². The molecule has 0 fully saturated rings. The van der Waals surface area contributed by atoms with E-state index in [0.29, 0.717) is 0 Å². The first-order valence-corrected chi connectivity index (χ1v) is 3.10. The Labute approximate surface area is 55.5 Å². The fraction of sp³-hybridized carbons (Fsp3) is 0.429. The fourth-order valence-corrected chi connectivity index (χ4v) is 0.793. The molecule has 0 aliphatic carbocycles. The van der Waals surface area contributed by atoms with Gasteiger partial charge in [0.15, 0.2) is 0 Å². The number of hydrogen-bond donors (Lipinski definition) is 0. The summed E-state index contributed by atoms with van der Waals surface area (Å²) in [4.78, 5) is 4.08. The summed E-state index contributed by atoms with van der Waals surface area (Å²) < 4.78 is 2.10. The quantitative estimate of drug-likeness (QED) is 0.581. The molecule has 49 valence electrons. The van der Waals surface area contributed by atoms with Crippen molar-refractivity contribution >= 4 is 0 Å². The average molecular weight is 123 g/mol. The number of imidazole rings is 1. The molecule has 1 aromatic heterocycles. The number of rotatable bonds is 2. The molecule has 9 heavy (non-hydrogen) atoms. The van der Waals surface area contributed by atoms with E-state index >= 15 is 0 Å². The standard InChI is InChI=1S/C7H11N2/c1-3-5-9-6-4-8-7(9)2/h3-4,6H,5H2,1-2H3. The van der Waals surface area contributed by atoms with Crippen molar-refractivity contribution in [3.05, 3.63) is 24.6 Å². The van der Waals surface area contributed by atoms with Gasteiger partial charge in [-0.2, -0.15) is 0 Å². The van der Waals surface area contributed by atoms with Crippen LogP contribution in [0.5, 0.6) is 0 Å². The Balaban J connectivity index is 2.69. The Morgan fingerprint density at radius 2 is 2.56 bits per heavy atom. The van der Waals surface area contributed by atoms with Gasteiger partial charge in [0, 0.05) is 18.9 Å². The Morgan fingerprint density at radius 1 is 1.78 bits per heavy atom. The van der Waals surface area contributed by atoms with Gasteiger partial charge in [0.05, 0.1) is 0 Å². The molecule has 2 nitrogen and oxygen atoms in total. The molecule has 1 radical (unpaired) electrons. The topological polar surface area (TPSA) is 17.8 Å². The minimum atomic E-state index is 0.964. The summed E-state index contributed by atoms with van der Waals surface area (Å²) in [6.45, 7) is 5.01. The normalized spacial score (nSPS) is 10.0. The lowest BCUT2D eigenvalue weighted by Crippen LogP contribution is -1.97. The Bertz CT molecular complexity index is 179. The minimum Gasteiger partial charge on any atom is -0.335 e. The number of nitrogens with zero attached hydrogens (tertiary/aromatic N) is 2. The number of hydrogen-bond acceptors (Lipinski definition) is 1. The maximum atomic E-state index is 4.08. The SMILES string of the molecule is C[CH]Cn1ccnc1C. The van der Waals surface area contributed by atoms with Gasteiger partial charge in [0.25, 0.3) is 0 Å². The fourth-order valence-electron chi connectivity index (χ4n) is 0.793. The summed E-state index contributed by atoms with van der Waals surface area (Å²) in [7, 11) is 0. The van der Waals surface area contributed by atoms with E-state index in [2.05, 4.69) is 16.0 Å². The largest absolute Gasteiger partial charge is 0.335 e. The van der Waals surface area contributed by atoms with Crippen molar-refractivity contribution in [3.8, 4) is 0 Å². The van der Waals surface area contributed by atoms with Crippen molar-refractivity contribution < 1.29 is 0 Å². The van der Waals surface area contributed by atoms with Gasteiger partial charge in [-0.15, -0.1) is 0 Å². The maximum absolute atomic E-state index is 4.08. The van der Waals surface area contributed by atoms with Crippen molar-refractivity contribution in [2.45, 2.75) is 20.4 Å². The molecular formula is C7H11N2. The molecule has 0 bridgehead atoms. The summed E-state index contributed by atoms with van der Waals surface area (Å²) in [6.07, 6.45) is 5.91. The van der Waals surface area contributed by atoms with Crippen LogP contribution in [-0.4, -0.2) is 9.55 Å². The monoisotopic (exact) mass is 123 g/mol. The van der Waals surface area contributed by atoms with Crippen LogP contribution in [0.1, 0.15) is 12.7 Å². The van der Waals surface area contributed by atoms with Crippen LogP contribution < -0.4 is 0 Å². The van der Waals surface area contributed by atoms with E-state index < -0.39 is 0 Å². The van der Waals surface area contributed by atoms with Crippen LogP contribution in [0.4, 0.5) is 0 Å². The van der Waals surface area contributed by atoms with Crippen LogP contribution >= 0.6 is 0 Å². The molecule has 1 rings (SSSR count). The smallest absolute Gasteiger partial charge is 0.105 e. The molecule has 0 saturated heterocycles. The summed E-state index contributed by atoms with van der Waals surface area (Å²) in [6, 6.07) is 0. The molecule has 0 atom stereocenters. The first-order chi connectivity index (χ1) is 4.34. The highest BCUT2D eigenvalue weighted by Gasteiger charge is 1.91. The van der Waals surface area contributed by atoms with Gasteiger partial charge in [0.2, 0.25) is 0 Å². The number of aromatic nitrogens is 2. The minimum absolute atomic E-state index is 0.964. The third kappa shape index (κ3) is 1.31. The molecule has 2 heteroatoms. The lowest BCUT2D eigenvalue weighted by molar-refractivity contribution is 0.745. The zero-order valence-corrected chi connectivity index (χ0v) is 5.83. The van der Waals surface area contributed by atoms with E-state index in [-0.39, 0.29) is 0 Å². The predicted molar refractivity (Wildman–Crippen MR) is 36.9 cm³/mol. The lowest BCUT2D eigenvalue weighted by Gasteiger charge is -1.98. The van der Waals surface area contributed by atoms with Gasteiger partial charge >= 0.3 is 0 Å². The van der Waals surface area contributed by atoms with Crippen molar-refractivity contribution in [1.29, 1.82) is 0 Å². The van der Waals surface area contributed by atoms with Crippen LogP contribution in [-0.2, 0) is 6.54 Å². The van der Waals surface area contributed by atoms with Gasteiger partial charge in [-0.3, -0.25) is 0 Å². The zero-order valence-electron chi connectivity index (χ0n) is 5.83. The van der Waals surface area contributed by atoms with Crippen LogP contribution in [0.25, 0.3) is 0 Å². The van der Waals surface area contributed by atoms with Gasteiger partial charge in [-0.1, -0.05) is 6.92 Å². The maximum Gasteiger partial charge on any atom is 0.105 e. The highest BCUT2D eigenvalue weighted by atomic mass is 15.0. The second kappa shape index (κ2) is 2.67. The van der Waals surface area contributed by atoms with Gasteiger partial charge in [0.1, 0.15) is 5.82 Å². The molecule has 0 aliphatic rings. The van der Waals surface area contributed by atoms with Crippen LogP contribution in [0.2, 0.25) is 0 Å². The molecular weight excluding hydrogens is 112 g/mol. The summed E-state index contributed by atoms with van der Waals surface area (Å²) in [5.74, 6) is 1.08. The summed E-state index contributed by atoms with van der Waals surface area (Å²) in [5, 5.41) is 0. The van der Waals surface area contributed by atoms with Crippen molar-refractivity contribution in [2.24, 2.45) is 0 Å². The van der Waals surface area contributed by atoms with Crippen LogP contribution in [0.15, 0.2) is 12.4 Å². The molecule has 1 aromatic rings. The number of aryl methyl sites for hydroxylation is 1. The molecule has 0 unspecified atom stereocenters. The molecule has 0 aromatic carbocycles. The molecule has 0 spiro atoms. The lowest BCUT2D eigenvalue weighted by atomic mass is 10.5. The predicted octanol–water partition coefficient (Wildman–Crippen LogP) is 1.42. The molecule has 0 aliphatic heterocycles. The van der Waals surface area contributed by atoms with Gasteiger partial charge in [-0.25, -0.2) is 4.98 Å². The van der Waals surface area contributed by atoms with E-state index in [1.54, 1.807) is 0 Å². The summed E-state index contributed by atoms with van der Waals surface area (Å²) in [5.41, 5.74) is 0. The molecule has 0 N–H and O–H groups in total. The van der Waals surface area contributed by atoms with Gasteiger partial charge in [-0.05, 0) is 13.3 Å². The van der Waals surface area contributed by atoms with E-state index in [0.717, 1.165) is 12.4 Å². The Morgan fingerprint density at radius 3 is 3.00 bits per heavy atom. The Kier molecular flexibility index (Phi) is 1.88. The van der Waals surface area contributed by atoms with Crippen LogP contribution in [0, 0.1) is 13.3 Å². The Hall–Kier alpha value is -0.790. The van der Waals surface area contributed by atoms with E-state index in [9.17, 15) is 0 Å². The van der Waals surface area contributed by atoms with E-state index in [1.807, 2.05) is 26.2 Å². The third-order valence-electron chi connectivity index (χ3n) is 1.30. The second-order valence-corrected chi connectivity index (χ2v) is 2.04. The van der Waals surface area contributed by atoms with E-state index in [1.165, 1.54) is 0 Å². The summed E-state index contributed by atoms with van der Waals surface area (Å²) >= 11 is 0. The van der Waals surface area contributed by atoms with Crippen LogP contribution in [0.3, 0.4) is 0 Å². The second-order valence-electron chi connectivity index (χ2n) is 2.04. The highest BCUT2D eigenvalue weighted by Crippen LogP contribution is 1.94. The van der Waals surface area contributed by atoms with E-state index in [4.69, 9.17) is 0 Å². The van der Waals surface area contributed by atoms with Gasteiger partial charge < -0.3 is 4.57 Å². The highest BCUT2D eigenvalue weighted by molar-refractivity contribution is 4.89. The first-order valence-electron chi connectivity index (χ1n) is 3.10. The average Bonchev–Trinajstić information content (AvgIpc) is 2.18. The molecule has 0 saturated carbocycles. The van der Waals surface area contributed by atoms with Crippen molar-refractivity contribution in [2.75, 3.05) is 0 Å². The first kappa shape index (κ1) is 6.33. The zero-order chi connectivity index (χ0) is 6.69. The third-order valence-corrected chi connectivity index (χ3v) is 1.30. The van der Waals surface area contributed by atoms with Crippen molar-refractivity contribution in [3.63, 3.8) is 0 Å². The molecule has 0 amide bonds.